The van der Waals surface area contributed by atoms with Crippen LogP contribution >= 0.6 is 0 Å². The lowest BCUT2D eigenvalue weighted by Gasteiger charge is -2.21. The van der Waals surface area contributed by atoms with Crippen LogP contribution in [-0.4, -0.2) is 6.73 Å². The summed E-state index contributed by atoms with van der Waals surface area (Å²) < 4.78 is 12.3. The highest BCUT2D eigenvalue weighted by Crippen LogP contribution is 2.39. The summed E-state index contributed by atoms with van der Waals surface area (Å²) in [6.45, 7) is 0.994. The van der Waals surface area contributed by atoms with Crippen molar-refractivity contribution in [3.05, 3.63) is 132 Å². The number of benzene rings is 4. The van der Waals surface area contributed by atoms with E-state index in [4.69, 9.17) is 9.47 Å². The van der Waals surface area contributed by atoms with E-state index in [1.54, 1.807) is 0 Å². The van der Waals surface area contributed by atoms with Crippen LogP contribution in [0.4, 0.5) is 5.69 Å². The maximum atomic E-state index is 6.21. The summed E-state index contributed by atoms with van der Waals surface area (Å²) in [4.78, 5) is 2.20. The van der Waals surface area contributed by atoms with E-state index in [1.807, 2.05) is 54.6 Å². The average Bonchev–Trinajstić information content (AvgIpc) is 3.30. The van der Waals surface area contributed by atoms with Crippen molar-refractivity contribution in [1.82, 2.24) is 0 Å². The largest absolute Gasteiger partial charge is 0.489 e. The van der Waals surface area contributed by atoms with Crippen LogP contribution in [0.1, 0.15) is 16.7 Å². The van der Waals surface area contributed by atoms with E-state index >= 15 is 0 Å². The summed E-state index contributed by atoms with van der Waals surface area (Å²) in [7, 11) is 0. The molecule has 1 aliphatic rings. The zero-order valence-corrected chi connectivity index (χ0v) is 17.1. The minimum atomic E-state index is 0.455. The summed E-state index contributed by atoms with van der Waals surface area (Å²) >= 11 is 0. The van der Waals surface area contributed by atoms with E-state index in [9.17, 15) is 0 Å². The molecular formula is C28H23NO2. The van der Waals surface area contributed by atoms with Gasteiger partial charge >= 0.3 is 0 Å². The highest BCUT2D eigenvalue weighted by atomic mass is 16.5. The van der Waals surface area contributed by atoms with Gasteiger partial charge < -0.3 is 14.4 Å². The molecule has 1 aliphatic heterocycles. The van der Waals surface area contributed by atoms with Gasteiger partial charge in [0, 0.05) is 22.9 Å². The van der Waals surface area contributed by atoms with Gasteiger partial charge in [-0.15, -0.1) is 0 Å². The van der Waals surface area contributed by atoms with Gasteiger partial charge in [0.2, 0.25) is 0 Å². The van der Waals surface area contributed by atoms with Gasteiger partial charge in [-0.3, -0.25) is 0 Å². The second-order valence-electron chi connectivity index (χ2n) is 7.38. The molecule has 0 fully saturated rings. The predicted molar refractivity (Wildman–Crippen MR) is 125 cm³/mol. The first-order valence-electron chi connectivity index (χ1n) is 10.4. The fourth-order valence-electron chi connectivity index (χ4n) is 3.76. The molecule has 31 heavy (non-hydrogen) atoms. The summed E-state index contributed by atoms with van der Waals surface area (Å²) in [5, 5.41) is 0. The minimum absolute atomic E-state index is 0.455. The Kier molecular flexibility index (Phi) is 5.40. The van der Waals surface area contributed by atoms with Crippen LogP contribution in [0.25, 0.3) is 11.5 Å². The summed E-state index contributed by atoms with van der Waals surface area (Å²) in [6, 6.07) is 39.0. The van der Waals surface area contributed by atoms with Gasteiger partial charge in [-0.05, 0) is 17.7 Å². The molecule has 4 aromatic rings. The van der Waals surface area contributed by atoms with E-state index in [0.717, 1.165) is 39.6 Å². The predicted octanol–water partition coefficient (Wildman–Crippen LogP) is 6.59. The molecular weight excluding hydrogens is 382 g/mol. The van der Waals surface area contributed by atoms with Crippen LogP contribution in [0.5, 0.6) is 5.75 Å². The molecule has 0 unspecified atom stereocenters. The molecule has 0 saturated heterocycles. The number of hydrogen-bond donors (Lipinski definition) is 0. The lowest BCUT2D eigenvalue weighted by Crippen LogP contribution is -2.18. The van der Waals surface area contributed by atoms with Gasteiger partial charge in [0.25, 0.3) is 0 Å². The van der Waals surface area contributed by atoms with Gasteiger partial charge in [0.05, 0.1) is 5.70 Å². The highest BCUT2D eigenvalue weighted by molar-refractivity contribution is 5.96. The van der Waals surface area contributed by atoms with E-state index in [0.29, 0.717) is 13.3 Å². The topological polar surface area (TPSA) is 21.7 Å². The average molecular weight is 405 g/mol. The van der Waals surface area contributed by atoms with E-state index < -0.39 is 0 Å². The summed E-state index contributed by atoms with van der Waals surface area (Å²) in [5.74, 6) is 1.73. The first-order chi connectivity index (χ1) is 15.4. The quantitative estimate of drug-likeness (QED) is 0.361. The molecule has 4 aromatic carbocycles. The fraction of sp³-hybridized carbons (Fsp3) is 0.0714. The van der Waals surface area contributed by atoms with Crippen LogP contribution in [-0.2, 0) is 11.3 Å². The van der Waals surface area contributed by atoms with E-state index in [2.05, 4.69) is 65.6 Å². The van der Waals surface area contributed by atoms with Gasteiger partial charge in [0.15, 0.2) is 12.5 Å². The zero-order chi connectivity index (χ0) is 20.9. The van der Waals surface area contributed by atoms with E-state index in [1.165, 1.54) is 0 Å². The molecule has 0 N–H and O–H groups in total. The Morgan fingerprint density at radius 2 is 1.32 bits per heavy atom. The molecule has 0 spiro atoms. The Morgan fingerprint density at radius 1 is 0.677 bits per heavy atom. The number of nitrogens with zero attached hydrogens (tertiary/aromatic N) is 1. The molecule has 0 saturated carbocycles. The number of hydrogen-bond acceptors (Lipinski definition) is 3. The van der Waals surface area contributed by atoms with Gasteiger partial charge in [0.1, 0.15) is 12.4 Å². The smallest absolute Gasteiger partial charge is 0.165 e. The zero-order valence-electron chi connectivity index (χ0n) is 17.1. The number of anilines is 1. The third-order valence-corrected chi connectivity index (χ3v) is 5.28. The van der Waals surface area contributed by atoms with Crippen molar-refractivity contribution >= 4 is 17.1 Å². The third kappa shape index (κ3) is 4.17. The van der Waals surface area contributed by atoms with Gasteiger partial charge in [-0.25, -0.2) is 0 Å². The second kappa shape index (κ2) is 8.80. The number of rotatable bonds is 6. The Morgan fingerprint density at radius 3 is 2.03 bits per heavy atom. The van der Waals surface area contributed by atoms with Crippen molar-refractivity contribution in [1.29, 1.82) is 0 Å². The van der Waals surface area contributed by atoms with Crippen molar-refractivity contribution < 1.29 is 9.47 Å². The Hall–Kier alpha value is -3.98. The Labute approximate surface area is 182 Å². The molecule has 0 amide bonds. The molecule has 3 nitrogen and oxygen atoms in total. The molecule has 0 aromatic heterocycles. The standard InChI is InChI=1S/C28H23NO2/c1-4-11-22(12-5-1)20-30-26-18-10-17-25(19-26)29-21-31-28(24-15-8-3-9-16-24)27(29)23-13-6-2-7-14-23/h1-19H,20-21H2. The molecule has 0 aliphatic carbocycles. The van der Waals surface area contributed by atoms with Crippen molar-refractivity contribution in [2.45, 2.75) is 6.61 Å². The summed E-state index contributed by atoms with van der Waals surface area (Å²) in [5.41, 5.74) is 5.44. The molecule has 0 bridgehead atoms. The van der Waals surface area contributed by atoms with Crippen molar-refractivity contribution in [2.75, 3.05) is 11.6 Å². The molecule has 152 valence electrons. The van der Waals surface area contributed by atoms with E-state index in [-0.39, 0.29) is 0 Å². The normalized spacial score (nSPS) is 13.2. The van der Waals surface area contributed by atoms with Crippen LogP contribution in [0.3, 0.4) is 0 Å². The molecule has 1 heterocycles. The maximum absolute atomic E-state index is 6.21. The minimum Gasteiger partial charge on any atom is -0.489 e. The molecule has 5 rings (SSSR count). The van der Waals surface area contributed by atoms with Crippen LogP contribution in [0.15, 0.2) is 115 Å². The molecule has 0 atom stereocenters. The fourth-order valence-corrected chi connectivity index (χ4v) is 3.76. The first kappa shape index (κ1) is 19.0. The van der Waals surface area contributed by atoms with Crippen LogP contribution < -0.4 is 9.64 Å². The highest BCUT2D eigenvalue weighted by Gasteiger charge is 2.27. The van der Waals surface area contributed by atoms with Gasteiger partial charge in [-0.2, -0.15) is 0 Å². The lowest BCUT2D eigenvalue weighted by molar-refractivity contribution is 0.303. The second-order valence-corrected chi connectivity index (χ2v) is 7.38. The van der Waals surface area contributed by atoms with Crippen molar-refractivity contribution in [2.24, 2.45) is 0 Å². The Balaban J connectivity index is 1.48. The van der Waals surface area contributed by atoms with Crippen LogP contribution in [0.2, 0.25) is 0 Å². The van der Waals surface area contributed by atoms with Gasteiger partial charge in [-0.1, -0.05) is 97.1 Å². The molecule has 0 radical (unpaired) electrons. The monoisotopic (exact) mass is 405 g/mol. The lowest BCUT2D eigenvalue weighted by atomic mass is 10.1. The SMILES string of the molecule is c1ccc(COc2cccc(N3COC(c4ccccc4)=C3c3ccccc3)c2)cc1. The van der Waals surface area contributed by atoms with Crippen LogP contribution in [0, 0.1) is 0 Å². The first-order valence-corrected chi connectivity index (χ1v) is 10.4. The van der Waals surface area contributed by atoms with Crippen molar-refractivity contribution in [3.8, 4) is 5.75 Å². The summed E-state index contributed by atoms with van der Waals surface area (Å²) in [6.07, 6.45) is 0. The van der Waals surface area contributed by atoms with Crippen molar-refractivity contribution in [3.63, 3.8) is 0 Å². The third-order valence-electron chi connectivity index (χ3n) is 5.28. The maximum Gasteiger partial charge on any atom is 0.165 e. The number of ether oxygens (including phenoxy) is 2. The molecule has 3 heteroatoms. The Bertz CT molecular complexity index is 1170.